The molecule has 2 N–H and O–H groups in total. The molecule has 1 heterocycles. The highest BCUT2D eigenvalue weighted by Crippen LogP contribution is 2.32. The van der Waals surface area contributed by atoms with Gasteiger partial charge in [0, 0.05) is 25.0 Å². The van der Waals surface area contributed by atoms with E-state index in [0.717, 1.165) is 45.2 Å². The first-order chi connectivity index (χ1) is 7.98. The van der Waals surface area contributed by atoms with Gasteiger partial charge in [0.1, 0.15) is 0 Å². The Bertz CT molecular complexity index is 294. The molecule has 18 heavy (non-hydrogen) atoms. The van der Waals surface area contributed by atoms with Crippen molar-refractivity contribution in [1.29, 1.82) is 0 Å². The Hall–Kier alpha value is -0.280. The Morgan fingerprint density at radius 3 is 2.56 bits per heavy atom. The summed E-state index contributed by atoms with van der Waals surface area (Å²) in [5, 5.41) is 0. The zero-order valence-electron chi connectivity index (χ0n) is 11.7. The third-order valence-electron chi connectivity index (χ3n) is 4.47. The number of nitrogens with zero attached hydrogens (tertiary/aromatic N) is 1. The van der Waals surface area contributed by atoms with Crippen LogP contribution in [-0.2, 0) is 4.79 Å². The summed E-state index contributed by atoms with van der Waals surface area (Å²) in [7, 11) is 0. The van der Waals surface area contributed by atoms with Gasteiger partial charge in [0.05, 0.1) is 0 Å². The maximum Gasteiger partial charge on any atom is 0.225 e. The van der Waals surface area contributed by atoms with Crippen LogP contribution in [0.3, 0.4) is 0 Å². The minimum Gasteiger partial charge on any atom is -0.342 e. The fourth-order valence-corrected chi connectivity index (χ4v) is 3.14. The normalized spacial score (nSPS) is 31.6. The van der Waals surface area contributed by atoms with Crippen molar-refractivity contribution in [3.8, 4) is 0 Å². The standard InChI is InChI=1S/C14H26N2O.ClH/c1-14(2)6-3-8-16(9-7-14)13(17)11-4-5-12(15)10-11;/h11-12H,3-10,15H2,1-2H3;1H. The SMILES string of the molecule is CC1(C)CCCN(C(=O)C2CCC(N)C2)CC1.Cl. The van der Waals surface area contributed by atoms with E-state index >= 15 is 0 Å². The van der Waals surface area contributed by atoms with Gasteiger partial charge in [-0.25, -0.2) is 0 Å². The molecule has 1 aliphatic carbocycles. The summed E-state index contributed by atoms with van der Waals surface area (Å²) in [6.45, 7) is 6.52. The molecule has 4 heteroatoms. The fraction of sp³-hybridized carbons (Fsp3) is 0.929. The van der Waals surface area contributed by atoms with Crippen molar-refractivity contribution in [2.45, 2.75) is 58.4 Å². The Labute approximate surface area is 117 Å². The van der Waals surface area contributed by atoms with E-state index in [1.54, 1.807) is 0 Å². The lowest BCUT2D eigenvalue weighted by Gasteiger charge is -2.25. The molecule has 0 bridgehead atoms. The van der Waals surface area contributed by atoms with Crippen molar-refractivity contribution in [1.82, 2.24) is 4.90 Å². The topological polar surface area (TPSA) is 46.3 Å². The Morgan fingerprint density at radius 1 is 1.22 bits per heavy atom. The predicted molar refractivity (Wildman–Crippen MR) is 76.8 cm³/mol. The van der Waals surface area contributed by atoms with Crippen LogP contribution in [0, 0.1) is 11.3 Å². The van der Waals surface area contributed by atoms with Gasteiger partial charge < -0.3 is 10.6 Å². The molecule has 2 unspecified atom stereocenters. The number of hydrogen-bond acceptors (Lipinski definition) is 2. The van der Waals surface area contributed by atoms with E-state index in [1.165, 1.54) is 6.42 Å². The molecule has 2 fully saturated rings. The molecule has 1 saturated carbocycles. The monoisotopic (exact) mass is 274 g/mol. The van der Waals surface area contributed by atoms with E-state index in [9.17, 15) is 4.79 Å². The molecule has 1 aliphatic heterocycles. The quantitative estimate of drug-likeness (QED) is 0.799. The maximum absolute atomic E-state index is 12.4. The minimum atomic E-state index is 0. The van der Waals surface area contributed by atoms with Crippen LogP contribution < -0.4 is 5.73 Å². The first-order valence-corrected chi connectivity index (χ1v) is 7.02. The Morgan fingerprint density at radius 2 is 1.94 bits per heavy atom. The third kappa shape index (κ3) is 3.86. The lowest BCUT2D eigenvalue weighted by Crippen LogP contribution is -2.36. The van der Waals surface area contributed by atoms with Crippen LogP contribution in [-0.4, -0.2) is 29.9 Å². The lowest BCUT2D eigenvalue weighted by molar-refractivity contribution is -0.135. The summed E-state index contributed by atoms with van der Waals surface area (Å²) in [6, 6.07) is 0.257. The molecular formula is C14H27ClN2O. The number of likely N-dealkylation sites (tertiary alicyclic amines) is 1. The van der Waals surface area contributed by atoms with Crippen LogP contribution in [0.1, 0.15) is 52.4 Å². The molecule has 2 aliphatic rings. The number of hydrogen-bond donors (Lipinski definition) is 1. The second kappa shape index (κ2) is 6.25. The number of nitrogens with two attached hydrogens (primary N) is 1. The van der Waals surface area contributed by atoms with Crippen molar-refractivity contribution in [2.75, 3.05) is 13.1 Å². The molecule has 0 radical (unpaired) electrons. The van der Waals surface area contributed by atoms with E-state index < -0.39 is 0 Å². The summed E-state index contributed by atoms with van der Waals surface area (Å²) in [5.74, 6) is 0.585. The molecule has 0 aromatic rings. The fourth-order valence-electron chi connectivity index (χ4n) is 3.14. The highest BCUT2D eigenvalue weighted by Gasteiger charge is 2.32. The van der Waals surface area contributed by atoms with Gasteiger partial charge in [-0.15, -0.1) is 12.4 Å². The van der Waals surface area contributed by atoms with Crippen LogP contribution in [0.15, 0.2) is 0 Å². The van der Waals surface area contributed by atoms with Gasteiger partial charge in [0.2, 0.25) is 5.91 Å². The molecule has 1 saturated heterocycles. The number of amides is 1. The molecule has 2 rings (SSSR count). The van der Waals surface area contributed by atoms with Crippen LogP contribution in [0.25, 0.3) is 0 Å². The van der Waals surface area contributed by atoms with Crippen LogP contribution in [0.4, 0.5) is 0 Å². The zero-order chi connectivity index (χ0) is 12.5. The first-order valence-electron chi connectivity index (χ1n) is 7.02. The van der Waals surface area contributed by atoms with Gasteiger partial charge in [-0.05, 0) is 43.9 Å². The number of carbonyl (C=O) groups is 1. The predicted octanol–water partition coefficient (Wildman–Crippen LogP) is 2.57. The highest BCUT2D eigenvalue weighted by atomic mass is 35.5. The summed E-state index contributed by atoms with van der Waals surface area (Å²) >= 11 is 0. The van der Waals surface area contributed by atoms with Gasteiger partial charge in [-0.1, -0.05) is 13.8 Å². The average molecular weight is 275 g/mol. The number of rotatable bonds is 1. The molecule has 3 nitrogen and oxygen atoms in total. The van der Waals surface area contributed by atoms with Gasteiger partial charge in [-0.3, -0.25) is 4.79 Å². The second-order valence-electron chi connectivity index (χ2n) is 6.61. The minimum absolute atomic E-state index is 0. The van der Waals surface area contributed by atoms with Crippen LogP contribution in [0.5, 0.6) is 0 Å². The molecule has 0 aromatic heterocycles. The van der Waals surface area contributed by atoms with Crippen molar-refractivity contribution < 1.29 is 4.79 Å². The van der Waals surface area contributed by atoms with E-state index in [2.05, 4.69) is 18.7 Å². The van der Waals surface area contributed by atoms with E-state index in [0.29, 0.717) is 11.3 Å². The van der Waals surface area contributed by atoms with Crippen molar-refractivity contribution >= 4 is 18.3 Å². The van der Waals surface area contributed by atoms with Gasteiger partial charge in [0.15, 0.2) is 0 Å². The van der Waals surface area contributed by atoms with E-state index in [4.69, 9.17) is 5.73 Å². The summed E-state index contributed by atoms with van der Waals surface area (Å²) in [5.41, 5.74) is 6.30. The molecule has 1 amide bonds. The Kier molecular flexibility index (Phi) is 5.47. The molecule has 106 valence electrons. The van der Waals surface area contributed by atoms with Crippen molar-refractivity contribution in [3.05, 3.63) is 0 Å². The number of carbonyl (C=O) groups excluding carboxylic acids is 1. The van der Waals surface area contributed by atoms with Gasteiger partial charge in [-0.2, -0.15) is 0 Å². The zero-order valence-corrected chi connectivity index (χ0v) is 12.5. The third-order valence-corrected chi connectivity index (χ3v) is 4.47. The lowest BCUT2D eigenvalue weighted by atomic mass is 9.85. The first kappa shape index (κ1) is 15.8. The molecule has 0 aromatic carbocycles. The van der Waals surface area contributed by atoms with Crippen molar-refractivity contribution in [2.24, 2.45) is 17.1 Å². The van der Waals surface area contributed by atoms with E-state index in [1.807, 2.05) is 0 Å². The molecule has 2 atom stereocenters. The molecular weight excluding hydrogens is 248 g/mol. The average Bonchev–Trinajstić information content (AvgIpc) is 2.60. The maximum atomic E-state index is 12.4. The smallest absolute Gasteiger partial charge is 0.225 e. The Balaban J connectivity index is 0.00000162. The largest absolute Gasteiger partial charge is 0.342 e. The van der Waals surface area contributed by atoms with Crippen LogP contribution >= 0.6 is 12.4 Å². The van der Waals surface area contributed by atoms with Gasteiger partial charge >= 0.3 is 0 Å². The highest BCUT2D eigenvalue weighted by molar-refractivity contribution is 5.85. The summed E-state index contributed by atoms with van der Waals surface area (Å²) in [6.07, 6.45) is 6.45. The molecule has 0 spiro atoms. The van der Waals surface area contributed by atoms with Crippen molar-refractivity contribution in [3.63, 3.8) is 0 Å². The van der Waals surface area contributed by atoms with E-state index in [-0.39, 0.29) is 24.4 Å². The second-order valence-corrected chi connectivity index (χ2v) is 6.61. The summed E-state index contributed by atoms with van der Waals surface area (Å²) in [4.78, 5) is 14.5. The van der Waals surface area contributed by atoms with Gasteiger partial charge in [0.25, 0.3) is 0 Å². The van der Waals surface area contributed by atoms with Crippen LogP contribution in [0.2, 0.25) is 0 Å². The number of halogens is 1. The summed E-state index contributed by atoms with van der Waals surface area (Å²) < 4.78 is 0.